The predicted molar refractivity (Wildman–Crippen MR) is 84.9 cm³/mol. The van der Waals surface area contributed by atoms with Gasteiger partial charge < -0.3 is 5.32 Å². The van der Waals surface area contributed by atoms with Crippen molar-refractivity contribution in [3.05, 3.63) is 45.2 Å². The molecule has 0 bridgehead atoms. The van der Waals surface area contributed by atoms with Crippen molar-refractivity contribution in [1.29, 1.82) is 0 Å². The Bertz CT molecular complexity index is 711. The highest BCUT2D eigenvalue weighted by atomic mass is 35.5. The lowest BCUT2D eigenvalue weighted by atomic mass is 10.0. The molecule has 2 heterocycles. The third-order valence-electron chi connectivity index (χ3n) is 4.11. The van der Waals surface area contributed by atoms with Gasteiger partial charge in [0, 0.05) is 36.6 Å². The zero-order valence-electron chi connectivity index (χ0n) is 11.5. The SMILES string of the molecule is Clc1ccc(-c2nc3c(c(C4CC4)n2)CNCC3)cc1Cl. The highest BCUT2D eigenvalue weighted by Crippen LogP contribution is 2.42. The van der Waals surface area contributed by atoms with Crippen molar-refractivity contribution in [2.24, 2.45) is 0 Å². The van der Waals surface area contributed by atoms with Gasteiger partial charge in [0.2, 0.25) is 0 Å². The molecule has 5 heteroatoms. The molecule has 0 unspecified atom stereocenters. The third-order valence-corrected chi connectivity index (χ3v) is 4.85. The zero-order chi connectivity index (χ0) is 14.4. The van der Waals surface area contributed by atoms with Crippen LogP contribution in [-0.4, -0.2) is 16.5 Å². The van der Waals surface area contributed by atoms with Gasteiger partial charge in [-0.3, -0.25) is 0 Å². The Morgan fingerprint density at radius 2 is 1.95 bits per heavy atom. The first-order chi connectivity index (χ1) is 10.2. The Kier molecular flexibility index (Phi) is 3.37. The average molecular weight is 320 g/mol. The van der Waals surface area contributed by atoms with Crippen molar-refractivity contribution in [2.45, 2.75) is 31.7 Å². The first-order valence-corrected chi connectivity index (χ1v) is 8.04. The fourth-order valence-electron chi connectivity index (χ4n) is 2.83. The summed E-state index contributed by atoms with van der Waals surface area (Å²) in [7, 11) is 0. The van der Waals surface area contributed by atoms with Crippen LogP contribution in [0.2, 0.25) is 10.0 Å². The van der Waals surface area contributed by atoms with E-state index in [2.05, 4.69) is 5.32 Å². The molecule has 2 aromatic rings. The highest BCUT2D eigenvalue weighted by molar-refractivity contribution is 6.42. The van der Waals surface area contributed by atoms with E-state index in [0.29, 0.717) is 16.0 Å². The van der Waals surface area contributed by atoms with Gasteiger partial charge in [0.05, 0.1) is 21.4 Å². The van der Waals surface area contributed by atoms with Crippen LogP contribution >= 0.6 is 23.2 Å². The summed E-state index contributed by atoms with van der Waals surface area (Å²) in [6.07, 6.45) is 3.44. The maximum Gasteiger partial charge on any atom is 0.159 e. The Balaban J connectivity index is 1.85. The molecule has 4 rings (SSSR count). The largest absolute Gasteiger partial charge is 0.312 e. The van der Waals surface area contributed by atoms with E-state index in [-0.39, 0.29) is 0 Å². The molecule has 1 aromatic carbocycles. The minimum absolute atomic E-state index is 0.546. The number of hydrogen-bond acceptors (Lipinski definition) is 3. The van der Waals surface area contributed by atoms with Crippen LogP contribution in [0.3, 0.4) is 0 Å². The van der Waals surface area contributed by atoms with Crippen molar-refractivity contribution in [1.82, 2.24) is 15.3 Å². The van der Waals surface area contributed by atoms with Gasteiger partial charge in [0.25, 0.3) is 0 Å². The molecule has 1 N–H and O–H groups in total. The number of benzene rings is 1. The van der Waals surface area contributed by atoms with E-state index in [1.807, 2.05) is 12.1 Å². The molecular formula is C16H15Cl2N3. The second-order valence-electron chi connectivity index (χ2n) is 5.69. The molecule has 2 aliphatic rings. The molecule has 0 atom stereocenters. The van der Waals surface area contributed by atoms with Crippen LogP contribution < -0.4 is 5.32 Å². The average Bonchev–Trinajstić information content (AvgIpc) is 3.33. The number of aromatic nitrogens is 2. The van der Waals surface area contributed by atoms with Crippen LogP contribution in [0.25, 0.3) is 11.4 Å². The molecule has 0 saturated heterocycles. The number of rotatable bonds is 2. The van der Waals surface area contributed by atoms with Gasteiger partial charge in [-0.1, -0.05) is 23.2 Å². The lowest BCUT2D eigenvalue weighted by molar-refractivity contribution is 0.617. The second kappa shape index (κ2) is 5.24. The molecule has 1 aliphatic carbocycles. The van der Waals surface area contributed by atoms with Crippen molar-refractivity contribution < 1.29 is 0 Å². The third kappa shape index (κ3) is 2.54. The van der Waals surface area contributed by atoms with Crippen LogP contribution in [0.5, 0.6) is 0 Å². The van der Waals surface area contributed by atoms with Gasteiger partial charge in [0.15, 0.2) is 5.82 Å². The standard InChI is InChI=1S/C16H15Cl2N3/c17-12-4-3-10(7-13(12)18)16-20-14-5-6-19-8-11(14)15(21-16)9-1-2-9/h3-4,7,9,19H,1-2,5-6,8H2. The van der Waals surface area contributed by atoms with Gasteiger partial charge in [-0.2, -0.15) is 0 Å². The van der Waals surface area contributed by atoms with Crippen LogP contribution in [0.15, 0.2) is 18.2 Å². The van der Waals surface area contributed by atoms with E-state index in [1.54, 1.807) is 6.07 Å². The monoisotopic (exact) mass is 319 g/mol. The minimum Gasteiger partial charge on any atom is -0.312 e. The topological polar surface area (TPSA) is 37.8 Å². The number of hydrogen-bond donors (Lipinski definition) is 1. The van der Waals surface area contributed by atoms with E-state index in [0.717, 1.165) is 30.9 Å². The summed E-state index contributed by atoms with van der Waals surface area (Å²) >= 11 is 12.1. The first-order valence-electron chi connectivity index (χ1n) is 7.28. The Hall–Kier alpha value is -1.16. The minimum atomic E-state index is 0.546. The summed E-state index contributed by atoms with van der Waals surface area (Å²) in [5, 5.41) is 4.53. The van der Waals surface area contributed by atoms with E-state index in [9.17, 15) is 0 Å². The first kappa shape index (κ1) is 13.5. The molecule has 1 fully saturated rings. The lowest BCUT2D eigenvalue weighted by Crippen LogP contribution is -2.26. The van der Waals surface area contributed by atoms with E-state index in [1.165, 1.54) is 29.8 Å². The summed E-state index contributed by atoms with van der Waals surface area (Å²) in [5.74, 6) is 1.39. The van der Waals surface area contributed by atoms with Crippen molar-refractivity contribution >= 4 is 23.2 Å². The van der Waals surface area contributed by atoms with Crippen LogP contribution in [0.1, 0.15) is 35.7 Å². The molecule has 0 radical (unpaired) electrons. The summed E-state index contributed by atoms with van der Waals surface area (Å²) in [5.41, 5.74) is 4.67. The maximum atomic E-state index is 6.12. The second-order valence-corrected chi connectivity index (χ2v) is 6.50. The Morgan fingerprint density at radius 1 is 1.10 bits per heavy atom. The van der Waals surface area contributed by atoms with E-state index in [4.69, 9.17) is 33.2 Å². The van der Waals surface area contributed by atoms with Gasteiger partial charge in [0.1, 0.15) is 0 Å². The van der Waals surface area contributed by atoms with Gasteiger partial charge >= 0.3 is 0 Å². The van der Waals surface area contributed by atoms with Crippen molar-refractivity contribution in [3.63, 3.8) is 0 Å². The zero-order valence-corrected chi connectivity index (χ0v) is 13.0. The van der Waals surface area contributed by atoms with Crippen LogP contribution in [0.4, 0.5) is 0 Å². The van der Waals surface area contributed by atoms with Gasteiger partial charge in [-0.05, 0) is 31.0 Å². The molecule has 21 heavy (non-hydrogen) atoms. The van der Waals surface area contributed by atoms with Crippen molar-refractivity contribution in [2.75, 3.05) is 6.54 Å². The molecule has 1 aromatic heterocycles. The quantitative estimate of drug-likeness (QED) is 0.910. The molecule has 0 amide bonds. The van der Waals surface area contributed by atoms with E-state index < -0.39 is 0 Å². The lowest BCUT2D eigenvalue weighted by Gasteiger charge is -2.20. The number of nitrogens with one attached hydrogen (secondary N) is 1. The smallest absolute Gasteiger partial charge is 0.159 e. The van der Waals surface area contributed by atoms with Crippen LogP contribution in [0, 0.1) is 0 Å². The molecule has 108 valence electrons. The summed E-state index contributed by atoms with van der Waals surface area (Å²) < 4.78 is 0. The van der Waals surface area contributed by atoms with Crippen LogP contribution in [-0.2, 0) is 13.0 Å². The molecular weight excluding hydrogens is 305 g/mol. The van der Waals surface area contributed by atoms with Gasteiger partial charge in [-0.15, -0.1) is 0 Å². The van der Waals surface area contributed by atoms with Crippen molar-refractivity contribution in [3.8, 4) is 11.4 Å². The molecule has 3 nitrogen and oxygen atoms in total. The fraction of sp³-hybridized carbons (Fsp3) is 0.375. The summed E-state index contributed by atoms with van der Waals surface area (Å²) in [4.78, 5) is 9.61. The highest BCUT2D eigenvalue weighted by Gasteiger charge is 2.30. The fourth-order valence-corrected chi connectivity index (χ4v) is 3.13. The number of halogens is 2. The van der Waals surface area contributed by atoms with Gasteiger partial charge in [-0.25, -0.2) is 9.97 Å². The number of nitrogens with zero attached hydrogens (tertiary/aromatic N) is 2. The Labute approximate surface area is 133 Å². The van der Waals surface area contributed by atoms with E-state index >= 15 is 0 Å². The number of fused-ring (bicyclic) bond motifs is 1. The Morgan fingerprint density at radius 3 is 2.71 bits per heavy atom. The molecule has 1 saturated carbocycles. The predicted octanol–water partition coefficient (Wildman–Crippen LogP) is 3.97. The summed E-state index contributed by atoms with van der Waals surface area (Å²) in [6.45, 7) is 1.87. The molecule has 0 spiro atoms. The normalized spacial score (nSPS) is 17.6. The summed E-state index contributed by atoms with van der Waals surface area (Å²) in [6, 6.07) is 5.59. The maximum absolute atomic E-state index is 6.12. The molecule has 1 aliphatic heterocycles.